The predicted octanol–water partition coefficient (Wildman–Crippen LogP) is 7.21. The Morgan fingerprint density at radius 3 is 2.15 bits per heavy atom. The molecule has 1 aliphatic heterocycles. The first-order valence-electron chi connectivity index (χ1n) is 17.3. The minimum Gasteiger partial charge on any atom is -0.339 e. The summed E-state index contributed by atoms with van der Waals surface area (Å²) in [6, 6.07) is 2.77. The molecule has 2 heterocycles. The highest BCUT2D eigenvalue weighted by molar-refractivity contribution is 6.01. The molecule has 3 atom stereocenters. The SMILES string of the molecule is CCn1nccc1C(=O)N[C@H](C(=O)Nc1ccc([C@H](C)C(=O)N2CCC[C@H]2C(F)(F)F)cc1F)C(C1CCCCC1)C1CCCCC1. The summed E-state index contributed by atoms with van der Waals surface area (Å²) in [6.07, 6.45) is 7.52. The van der Waals surface area contributed by atoms with Gasteiger partial charge in [-0.15, -0.1) is 0 Å². The average Bonchev–Trinajstić information content (AvgIpc) is 3.76. The van der Waals surface area contributed by atoms with Crippen LogP contribution < -0.4 is 10.6 Å². The number of amides is 3. The second-order valence-corrected chi connectivity index (χ2v) is 13.5. The molecule has 12 heteroatoms. The van der Waals surface area contributed by atoms with Crippen LogP contribution in [0.3, 0.4) is 0 Å². The Hall–Kier alpha value is -3.44. The highest BCUT2D eigenvalue weighted by atomic mass is 19.4. The van der Waals surface area contributed by atoms with Crippen molar-refractivity contribution in [2.24, 2.45) is 17.8 Å². The Morgan fingerprint density at radius 2 is 1.57 bits per heavy atom. The van der Waals surface area contributed by atoms with Crippen LogP contribution in [0.15, 0.2) is 30.5 Å². The van der Waals surface area contributed by atoms with E-state index in [0.717, 1.165) is 75.2 Å². The molecule has 8 nitrogen and oxygen atoms in total. The molecule has 3 fully saturated rings. The second-order valence-electron chi connectivity index (χ2n) is 13.5. The summed E-state index contributed by atoms with van der Waals surface area (Å²) < 4.78 is 57.7. The summed E-state index contributed by atoms with van der Waals surface area (Å²) in [6.45, 7) is 3.82. The normalized spacial score (nSPS) is 21.1. The summed E-state index contributed by atoms with van der Waals surface area (Å²) >= 11 is 0. The van der Waals surface area contributed by atoms with E-state index in [2.05, 4.69) is 15.7 Å². The Balaban J connectivity index is 1.39. The third-order valence-electron chi connectivity index (χ3n) is 10.6. The maximum Gasteiger partial charge on any atom is 0.408 e. The topological polar surface area (TPSA) is 96.3 Å². The molecule has 0 radical (unpaired) electrons. The van der Waals surface area contributed by atoms with Crippen molar-refractivity contribution in [2.75, 3.05) is 11.9 Å². The molecule has 3 aliphatic rings. The van der Waals surface area contributed by atoms with Crippen LogP contribution in [-0.4, -0.2) is 57.2 Å². The van der Waals surface area contributed by atoms with Gasteiger partial charge in [0.15, 0.2) is 0 Å². The number of nitrogens with zero attached hydrogens (tertiary/aromatic N) is 3. The van der Waals surface area contributed by atoms with E-state index in [-0.39, 0.29) is 48.4 Å². The zero-order valence-corrected chi connectivity index (χ0v) is 27.3. The summed E-state index contributed by atoms with van der Waals surface area (Å²) in [7, 11) is 0. The van der Waals surface area contributed by atoms with Gasteiger partial charge in [-0.05, 0) is 68.2 Å². The van der Waals surface area contributed by atoms with Gasteiger partial charge in [0, 0.05) is 19.3 Å². The predicted molar refractivity (Wildman–Crippen MR) is 170 cm³/mol. The molecule has 47 heavy (non-hydrogen) atoms. The minimum absolute atomic E-state index is 0.000714. The van der Waals surface area contributed by atoms with Gasteiger partial charge in [-0.3, -0.25) is 19.1 Å². The number of rotatable bonds is 10. The van der Waals surface area contributed by atoms with E-state index in [1.165, 1.54) is 19.1 Å². The molecule has 2 N–H and O–H groups in total. The van der Waals surface area contributed by atoms with Gasteiger partial charge in [0.05, 0.1) is 11.6 Å². The third kappa shape index (κ3) is 8.00. The van der Waals surface area contributed by atoms with Gasteiger partial charge < -0.3 is 15.5 Å². The molecule has 2 saturated carbocycles. The summed E-state index contributed by atoms with van der Waals surface area (Å²) in [5.41, 5.74) is 0.450. The van der Waals surface area contributed by atoms with Crippen molar-refractivity contribution in [1.29, 1.82) is 0 Å². The zero-order valence-electron chi connectivity index (χ0n) is 27.3. The largest absolute Gasteiger partial charge is 0.408 e. The molecule has 2 aromatic rings. The van der Waals surface area contributed by atoms with Crippen LogP contribution in [0.2, 0.25) is 0 Å². The Morgan fingerprint density at radius 1 is 0.936 bits per heavy atom. The molecule has 0 spiro atoms. The van der Waals surface area contributed by atoms with Crippen molar-refractivity contribution in [2.45, 2.75) is 122 Å². The maximum atomic E-state index is 15.6. The van der Waals surface area contributed by atoms with Gasteiger partial charge in [-0.2, -0.15) is 18.3 Å². The number of aromatic nitrogens is 2. The van der Waals surface area contributed by atoms with Crippen molar-refractivity contribution >= 4 is 23.4 Å². The molecule has 258 valence electrons. The van der Waals surface area contributed by atoms with Crippen LogP contribution in [0.25, 0.3) is 0 Å². The van der Waals surface area contributed by atoms with Crippen LogP contribution in [0.1, 0.15) is 113 Å². The lowest BCUT2D eigenvalue weighted by atomic mass is 9.66. The number of hydrogen-bond acceptors (Lipinski definition) is 4. The fourth-order valence-corrected chi connectivity index (χ4v) is 8.17. The molecule has 3 amide bonds. The van der Waals surface area contributed by atoms with E-state index in [1.54, 1.807) is 16.9 Å². The van der Waals surface area contributed by atoms with Crippen molar-refractivity contribution in [3.8, 4) is 0 Å². The zero-order chi connectivity index (χ0) is 33.7. The number of carbonyl (C=O) groups excluding carboxylic acids is 3. The monoisotopic (exact) mass is 661 g/mol. The molecule has 1 aromatic carbocycles. The Kier molecular flexibility index (Phi) is 11.3. The van der Waals surface area contributed by atoms with E-state index in [9.17, 15) is 27.6 Å². The molecular formula is C35H47F4N5O3. The number of likely N-dealkylation sites (tertiary alicyclic amines) is 1. The quantitative estimate of drug-likeness (QED) is 0.263. The second kappa shape index (κ2) is 15.2. The molecule has 1 aromatic heterocycles. The fraction of sp³-hybridized carbons (Fsp3) is 0.657. The number of anilines is 1. The number of halogens is 4. The first kappa shape index (κ1) is 34.9. The Bertz CT molecular complexity index is 1380. The fourth-order valence-electron chi connectivity index (χ4n) is 8.17. The first-order chi connectivity index (χ1) is 22.5. The van der Waals surface area contributed by atoms with Crippen molar-refractivity contribution in [1.82, 2.24) is 20.0 Å². The lowest BCUT2D eigenvalue weighted by molar-refractivity contribution is -0.183. The number of benzene rings is 1. The first-order valence-corrected chi connectivity index (χ1v) is 17.3. The van der Waals surface area contributed by atoms with E-state index in [4.69, 9.17) is 0 Å². The molecule has 0 unspecified atom stereocenters. The number of hydrogen-bond donors (Lipinski definition) is 2. The van der Waals surface area contributed by atoms with E-state index in [1.807, 2.05) is 6.92 Å². The van der Waals surface area contributed by atoms with Crippen molar-refractivity contribution in [3.05, 3.63) is 47.5 Å². The number of carbonyl (C=O) groups is 3. The van der Waals surface area contributed by atoms with Gasteiger partial charge in [-0.1, -0.05) is 70.3 Å². The van der Waals surface area contributed by atoms with Crippen LogP contribution in [0, 0.1) is 23.6 Å². The number of aryl methyl sites for hydroxylation is 1. The smallest absolute Gasteiger partial charge is 0.339 e. The average molecular weight is 662 g/mol. The van der Waals surface area contributed by atoms with Gasteiger partial charge in [0.2, 0.25) is 11.8 Å². The minimum atomic E-state index is -4.53. The van der Waals surface area contributed by atoms with Gasteiger partial charge >= 0.3 is 6.18 Å². The van der Waals surface area contributed by atoms with Crippen LogP contribution in [0.5, 0.6) is 0 Å². The number of nitrogens with one attached hydrogen (secondary N) is 2. The van der Waals surface area contributed by atoms with Gasteiger partial charge in [0.1, 0.15) is 23.6 Å². The van der Waals surface area contributed by atoms with Crippen molar-refractivity contribution < 1.29 is 31.9 Å². The lowest BCUT2D eigenvalue weighted by Gasteiger charge is -2.42. The van der Waals surface area contributed by atoms with Gasteiger partial charge in [-0.25, -0.2) is 4.39 Å². The molecule has 5 rings (SSSR count). The molecular weight excluding hydrogens is 614 g/mol. The highest BCUT2D eigenvalue weighted by Gasteiger charge is 2.48. The standard InChI is InChI=1S/C35H47F4N5O3/c1-3-44-28(18-19-40-44)32(45)42-31(30(23-11-6-4-7-12-23)24-13-8-5-9-14-24)33(46)41-27-17-16-25(21-26(27)36)22(2)34(47)43-20-10-15-29(43)35(37,38)39/h16-19,21-24,29-31H,3-15,20H2,1-2H3,(H,41,46)(H,42,45)/t22-,29-,31-/m0/s1. The van der Waals surface area contributed by atoms with E-state index in [0.29, 0.717) is 12.2 Å². The molecule has 0 bridgehead atoms. The van der Waals surface area contributed by atoms with Crippen LogP contribution >= 0.6 is 0 Å². The van der Waals surface area contributed by atoms with Crippen LogP contribution in [0.4, 0.5) is 23.2 Å². The summed E-state index contributed by atoms with van der Waals surface area (Å²) in [5, 5.41) is 9.99. The van der Waals surface area contributed by atoms with Crippen molar-refractivity contribution in [3.63, 3.8) is 0 Å². The molecule has 1 saturated heterocycles. The van der Waals surface area contributed by atoms with E-state index < -0.39 is 47.7 Å². The summed E-state index contributed by atoms with van der Waals surface area (Å²) in [5.74, 6) is -3.09. The number of alkyl halides is 3. The van der Waals surface area contributed by atoms with Crippen LogP contribution in [-0.2, 0) is 16.1 Å². The highest BCUT2D eigenvalue weighted by Crippen LogP contribution is 2.42. The molecule has 2 aliphatic carbocycles. The van der Waals surface area contributed by atoms with E-state index >= 15 is 4.39 Å². The maximum absolute atomic E-state index is 15.6. The third-order valence-corrected chi connectivity index (χ3v) is 10.6. The Labute approximate surface area is 274 Å². The lowest BCUT2D eigenvalue weighted by Crippen LogP contribution is -2.53. The summed E-state index contributed by atoms with van der Waals surface area (Å²) in [4.78, 5) is 41.7. The van der Waals surface area contributed by atoms with Gasteiger partial charge in [0.25, 0.3) is 5.91 Å².